The number of H-pyrrole nitrogens is 1. The lowest BCUT2D eigenvalue weighted by Crippen LogP contribution is -2.04. The predicted octanol–water partition coefficient (Wildman–Crippen LogP) is 1.65. The molecule has 13 heavy (non-hydrogen) atoms. The minimum absolute atomic E-state index is 0.0256. The van der Waals surface area contributed by atoms with E-state index in [9.17, 15) is 13.2 Å². The molecule has 0 saturated carbocycles. The summed E-state index contributed by atoms with van der Waals surface area (Å²) in [6.45, 7) is 3.23. The van der Waals surface area contributed by atoms with Crippen LogP contribution in [-0.2, 0) is 6.18 Å². The van der Waals surface area contributed by atoms with E-state index in [0.29, 0.717) is 0 Å². The molecule has 0 saturated heterocycles. The Morgan fingerprint density at radius 3 is 2.62 bits per heavy atom. The Balaban J connectivity index is 2.93. The van der Waals surface area contributed by atoms with Crippen LogP contribution in [0.2, 0.25) is 0 Å². The summed E-state index contributed by atoms with van der Waals surface area (Å²) in [6, 6.07) is 0.742. The Bertz CT molecular complexity index is 305. The molecule has 1 aromatic heterocycles. The third-order valence-corrected chi connectivity index (χ3v) is 1.43. The van der Waals surface area contributed by atoms with Gasteiger partial charge in [0.2, 0.25) is 0 Å². The number of nitrogens with one attached hydrogen (secondary N) is 1. The van der Waals surface area contributed by atoms with Gasteiger partial charge in [-0.1, -0.05) is 6.08 Å². The molecule has 1 aromatic rings. The monoisotopic (exact) mass is 192 g/mol. The number of alkyl halides is 3. The van der Waals surface area contributed by atoms with Gasteiger partial charge in [0.25, 0.3) is 0 Å². The zero-order chi connectivity index (χ0) is 10.1. The van der Waals surface area contributed by atoms with Crippen molar-refractivity contribution in [2.24, 2.45) is 0 Å². The summed E-state index contributed by atoms with van der Waals surface area (Å²) in [5.74, 6) is 0. The van der Waals surface area contributed by atoms with Gasteiger partial charge >= 0.3 is 6.18 Å². The highest BCUT2D eigenvalue weighted by Gasteiger charge is 2.34. The SMILES string of the molecule is C=CC(O)c1cc(C(F)(F)F)n[nH]1. The van der Waals surface area contributed by atoms with Crippen LogP contribution in [0.5, 0.6) is 0 Å². The summed E-state index contributed by atoms with van der Waals surface area (Å²) in [5, 5.41) is 14.1. The van der Waals surface area contributed by atoms with Crippen LogP contribution in [0.15, 0.2) is 18.7 Å². The molecule has 1 atom stereocenters. The number of hydrogen-bond acceptors (Lipinski definition) is 2. The van der Waals surface area contributed by atoms with Crippen LogP contribution in [-0.4, -0.2) is 15.3 Å². The Kier molecular flexibility index (Phi) is 2.42. The van der Waals surface area contributed by atoms with Gasteiger partial charge in [0.1, 0.15) is 6.10 Å². The van der Waals surface area contributed by atoms with Gasteiger partial charge in [-0.2, -0.15) is 18.3 Å². The van der Waals surface area contributed by atoms with Crippen molar-refractivity contribution < 1.29 is 18.3 Å². The molecule has 0 aromatic carbocycles. The summed E-state index contributed by atoms with van der Waals surface area (Å²) >= 11 is 0. The van der Waals surface area contributed by atoms with Crippen molar-refractivity contribution >= 4 is 0 Å². The third-order valence-electron chi connectivity index (χ3n) is 1.43. The zero-order valence-electron chi connectivity index (χ0n) is 6.47. The van der Waals surface area contributed by atoms with Gasteiger partial charge in [-0.25, -0.2) is 0 Å². The van der Waals surface area contributed by atoms with E-state index in [4.69, 9.17) is 5.11 Å². The highest BCUT2D eigenvalue weighted by Crippen LogP contribution is 2.28. The van der Waals surface area contributed by atoms with Crippen LogP contribution in [0.4, 0.5) is 13.2 Å². The third kappa shape index (κ3) is 2.09. The van der Waals surface area contributed by atoms with Crippen molar-refractivity contribution in [2.45, 2.75) is 12.3 Å². The van der Waals surface area contributed by atoms with Crippen LogP contribution in [0, 0.1) is 0 Å². The summed E-state index contributed by atoms with van der Waals surface area (Å²) in [6.07, 6.45) is -4.54. The van der Waals surface area contributed by atoms with E-state index >= 15 is 0 Å². The van der Waals surface area contributed by atoms with Crippen molar-refractivity contribution in [3.63, 3.8) is 0 Å². The van der Waals surface area contributed by atoms with Gasteiger partial charge in [0.05, 0.1) is 5.69 Å². The van der Waals surface area contributed by atoms with Crippen LogP contribution in [0.3, 0.4) is 0 Å². The van der Waals surface area contributed by atoms with E-state index in [0.717, 1.165) is 12.1 Å². The summed E-state index contributed by atoms with van der Waals surface area (Å²) in [7, 11) is 0. The van der Waals surface area contributed by atoms with Gasteiger partial charge < -0.3 is 5.11 Å². The summed E-state index contributed by atoms with van der Waals surface area (Å²) < 4.78 is 35.9. The van der Waals surface area contributed by atoms with E-state index in [-0.39, 0.29) is 5.69 Å². The fourth-order valence-corrected chi connectivity index (χ4v) is 0.760. The average molecular weight is 192 g/mol. The van der Waals surface area contributed by atoms with Crippen LogP contribution in [0.1, 0.15) is 17.5 Å². The molecule has 1 rings (SSSR count). The van der Waals surface area contributed by atoms with E-state index < -0.39 is 18.0 Å². The molecule has 0 aliphatic carbocycles. The standard InChI is InChI=1S/C7H7F3N2O/c1-2-5(13)4-3-6(12-11-4)7(8,9)10/h2-3,5,13H,1H2,(H,11,12). The molecule has 2 N–H and O–H groups in total. The van der Waals surface area contributed by atoms with Gasteiger partial charge in [-0.3, -0.25) is 5.10 Å². The molecule has 0 aliphatic heterocycles. The van der Waals surface area contributed by atoms with Crippen LogP contribution < -0.4 is 0 Å². The summed E-state index contributed by atoms with van der Waals surface area (Å²) in [5.41, 5.74) is -1.08. The maximum absolute atomic E-state index is 12.0. The minimum Gasteiger partial charge on any atom is -0.383 e. The highest BCUT2D eigenvalue weighted by molar-refractivity contribution is 5.16. The van der Waals surface area contributed by atoms with Crippen molar-refractivity contribution in [2.75, 3.05) is 0 Å². The van der Waals surface area contributed by atoms with Gasteiger partial charge in [0.15, 0.2) is 5.69 Å². The van der Waals surface area contributed by atoms with E-state index in [1.807, 2.05) is 0 Å². The average Bonchev–Trinajstić information content (AvgIpc) is 2.50. The Labute approximate surface area is 71.9 Å². The number of rotatable bonds is 2. The van der Waals surface area contributed by atoms with Crippen molar-refractivity contribution in [1.29, 1.82) is 0 Å². The molecule has 0 radical (unpaired) electrons. The lowest BCUT2D eigenvalue weighted by molar-refractivity contribution is -0.141. The maximum Gasteiger partial charge on any atom is 0.435 e. The largest absolute Gasteiger partial charge is 0.435 e. The van der Waals surface area contributed by atoms with Gasteiger partial charge in [-0.05, 0) is 6.07 Å². The molecule has 3 nitrogen and oxygen atoms in total. The van der Waals surface area contributed by atoms with E-state index in [1.54, 1.807) is 0 Å². The predicted molar refractivity (Wildman–Crippen MR) is 38.7 cm³/mol. The molecule has 0 amide bonds. The molecule has 0 aliphatic rings. The molecule has 72 valence electrons. The maximum atomic E-state index is 12.0. The number of nitrogens with zero attached hydrogens (tertiary/aromatic N) is 1. The van der Waals surface area contributed by atoms with Gasteiger partial charge in [0, 0.05) is 0 Å². The Hall–Kier alpha value is -1.30. The number of aliphatic hydroxyl groups is 1. The first-order valence-corrected chi connectivity index (χ1v) is 3.38. The Morgan fingerprint density at radius 1 is 1.62 bits per heavy atom. The molecule has 1 heterocycles. The van der Waals surface area contributed by atoms with E-state index in [1.165, 1.54) is 0 Å². The van der Waals surface area contributed by atoms with Crippen molar-refractivity contribution in [1.82, 2.24) is 10.2 Å². The first kappa shape index (κ1) is 9.79. The molecule has 6 heteroatoms. The van der Waals surface area contributed by atoms with Crippen molar-refractivity contribution in [3.8, 4) is 0 Å². The second kappa shape index (κ2) is 3.21. The number of halogens is 3. The number of aromatic amines is 1. The first-order chi connectivity index (χ1) is 5.95. The van der Waals surface area contributed by atoms with Crippen LogP contribution in [0.25, 0.3) is 0 Å². The number of aromatic nitrogens is 2. The lowest BCUT2D eigenvalue weighted by atomic mass is 10.2. The number of aliphatic hydroxyl groups excluding tert-OH is 1. The van der Waals surface area contributed by atoms with Crippen LogP contribution >= 0.6 is 0 Å². The molecular formula is C7H7F3N2O. The fourth-order valence-electron chi connectivity index (χ4n) is 0.760. The normalized spacial score (nSPS) is 14.2. The van der Waals surface area contributed by atoms with Crippen molar-refractivity contribution in [3.05, 3.63) is 30.1 Å². The number of hydrogen-bond donors (Lipinski definition) is 2. The summed E-state index contributed by atoms with van der Waals surface area (Å²) in [4.78, 5) is 0. The molecule has 0 fully saturated rings. The molecule has 0 spiro atoms. The topological polar surface area (TPSA) is 48.9 Å². The van der Waals surface area contributed by atoms with E-state index in [2.05, 4.69) is 16.8 Å². The molecule has 0 bridgehead atoms. The molecule has 1 unspecified atom stereocenters. The quantitative estimate of drug-likeness (QED) is 0.700. The highest BCUT2D eigenvalue weighted by atomic mass is 19.4. The van der Waals surface area contributed by atoms with Gasteiger partial charge in [-0.15, -0.1) is 6.58 Å². The zero-order valence-corrected chi connectivity index (χ0v) is 6.47. The second-order valence-corrected chi connectivity index (χ2v) is 2.39. The lowest BCUT2D eigenvalue weighted by Gasteiger charge is -2.00. The minimum atomic E-state index is -4.49. The smallest absolute Gasteiger partial charge is 0.383 e. The first-order valence-electron chi connectivity index (χ1n) is 3.38. The fraction of sp³-hybridized carbons (Fsp3) is 0.286. The Morgan fingerprint density at radius 2 is 2.23 bits per heavy atom. The molecular weight excluding hydrogens is 185 g/mol. The second-order valence-electron chi connectivity index (χ2n) is 2.39.